The van der Waals surface area contributed by atoms with Crippen molar-refractivity contribution in [3.63, 3.8) is 0 Å². The minimum absolute atomic E-state index is 0.00352. The molecular formula is C14H28N2O. The topological polar surface area (TPSA) is 55.1 Å². The Morgan fingerprint density at radius 1 is 1.18 bits per heavy atom. The van der Waals surface area contributed by atoms with Crippen LogP contribution in [0.1, 0.15) is 53.9 Å². The van der Waals surface area contributed by atoms with Crippen LogP contribution in [0.25, 0.3) is 0 Å². The van der Waals surface area contributed by atoms with Crippen LogP contribution in [0.4, 0.5) is 0 Å². The fourth-order valence-corrected chi connectivity index (χ4v) is 2.75. The molecule has 3 heteroatoms. The zero-order chi connectivity index (χ0) is 13.2. The summed E-state index contributed by atoms with van der Waals surface area (Å²) >= 11 is 0. The molecule has 0 saturated heterocycles. The smallest absolute Gasteiger partial charge is 0.237 e. The van der Waals surface area contributed by atoms with Gasteiger partial charge in [-0.05, 0) is 36.5 Å². The van der Waals surface area contributed by atoms with E-state index < -0.39 is 6.04 Å². The molecule has 0 radical (unpaired) electrons. The highest BCUT2D eigenvalue weighted by molar-refractivity contribution is 5.82. The summed E-state index contributed by atoms with van der Waals surface area (Å²) in [7, 11) is 0. The van der Waals surface area contributed by atoms with Gasteiger partial charge in [0.05, 0.1) is 6.04 Å². The first-order valence-electron chi connectivity index (χ1n) is 6.76. The summed E-state index contributed by atoms with van der Waals surface area (Å²) in [5, 5.41) is 3.12. The highest BCUT2D eigenvalue weighted by Gasteiger charge is 2.31. The third-order valence-corrected chi connectivity index (χ3v) is 3.74. The van der Waals surface area contributed by atoms with E-state index in [-0.39, 0.29) is 11.3 Å². The van der Waals surface area contributed by atoms with E-state index in [2.05, 4.69) is 19.2 Å². The van der Waals surface area contributed by atoms with Gasteiger partial charge in [0.1, 0.15) is 0 Å². The van der Waals surface area contributed by atoms with Gasteiger partial charge in [0.25, 0.3) is 0 Å². The molecule has 0 aromatic rings. The Morgan fingerprint density at radius 2 is 1.65 bits per heavy atom. The molecule has 0 bridgehead atoms. The average Bonchev–Trinajstić information content (AvgIpc) is 2.13. The van der Waals surface area contributed by atoms with E-state index in [0.717, 1.165) is 12.8 Å². The molecule has 3 N–H and O–H groups in total. The van der Waals surface area contributed by atoms with Crippen LogP contribution in [0, 0.1) is 17.3 Å². The van der Waals surface area contributed by atoms with Gasteiger partial charge in [0.2, 0.25) is 5.91 Å². The Balaban J connectivity index is 2.51. The molecule has 100 valence electrons. The molecule has 3 nitrogen and oxygen atoms in total. The Morgan fingerprint density at radius 3 is 2.06 bits per heavy atom. The monoisotopic (exact) mass is 240 g/mol. The normalized spacial score (nSPS) is 32.0. The van der Waals surface area contributed by atoms with Crippen molar-refractivity contribution >= 4 is 5.91 Å². The highest BCUT2D eigenvalue weighted by Crippen LogP contribution is 2.28. The summed E-state index contributed by atoms with van der Waals surface area (Å²) in [6, 6.07) is -0.107. The summed E-state index contributed by atoms with van der Waals surface area (Å²) < 4.78 is 0. The molecule has 17 heavy (non-hydrogen) atoms. The Labute approximate surface area is 106 Å². The first kappa shape index (κ1) is 14.5. The number of rotatable bonds is 2. The van der Waals surface area contributed by atoms with Crippen molar-refractivity contribution in [2.45, 2.75) is 66.0 Å². The van der Waals surface area contributed by atoms with Crippen LogP contribution in [0.3, 0.4) is 0 Å². The summed E-state index contributed by atoms with van der Waals surface area (Å²) in [4.78, 5) is 12.0. The third kappa shape index (κ3) is 4.30. The van der Waals surface area contributed by atoms with Crippen LogP contribution in [0.15, 0.2) is 0 Å². The molecule has 1 rings (SSSR count). The van der Waals surface area contributed by atoms with Crippen LogP contribution >= 0.6 is 0 Å². The zero-order valence-corrected chi connectivity index (χ0v) is 11.9. The molecule has 1 saturated carbocycles. The largest absolute Gasteiger partial charge is 0.352 e. The van der Waals surface area contributed by atoms with Gasteiger partial charge in [-0.3, -0.25) is 4.79 Å². The minimum atomic E-state index is -0.421. The van der Waals surface area contributed by atoms with Crippen LogP contribution in [0.5, 0.6) is 0 Å². The number of carbonyl (C=O) groups is 1. The maximum atomic E-state index is 12.0. The maximum absolute atomic E-state index is 12.0. The molecule has 1 aliphatic carbocycles. The SMILES string of the molecule is CC1CC(C)CC(NC(=O)[C@H](N)C(C)(C)C)C1. The van der Waals surface area contributed by atoms with Crippen LogP contribution < -0.4 is 11.1 Å². The van der Waals surface area contributed by atoms with Gasteiger partial charge in [-0.15, -0.1) is 0 Å². The second-order valence-corrected chi connectivity index (χ2v) is 6.97. The van der Waals surface area contributed by atoms with Crippen molar-refractivity contribution < 1.29 is 4.79 Å². The second kappa shape index (κ2) is 5.38. The molecule has 1 fully saturated rings. The summed E-state index contributed by atoms with van der Waals surface area (Å²) in [6.07, 6.45) is 3.46. The molecular weight excluding hydrogens is 212 g/mol. The van der Waals surface area contributed by atoms with E-state index in [9.17, 15) is 4.79 Å². The maximum Gasteiger partial charge on any atom is 0.237 e. The molecule has 3 atom stereocenters. The standard InChI is InChI=1S/C14H28N2O/c1-9-6-10(2)8-11(7-9)16-13(17)12(15)14(3,4)5/h9-12H,6-8,15H2,1-5H3,(H,16,17)/t9?,10?,11?,12-/m0/s1. The Kier molecular flexibility index (Phi) is 4.59. The van der Waals surface area contributed by atoms with Crippen LogP contribution in [-0.4, -0.2) is 18.0 Å². The summed E-state index contributed by atoms with van der Waals surface area (Å²) in [6.45, 7) is 10.5. The first-order chi connectivity index (χ1) is 7.70. The Bertz CT molecular complexity index is 260. The number of amides is 1. The fraction of sp³-hybridized carbons (Fsp3) is 0.929. The first-order valence-corrected chi connectivity index (χ1v) is 6.76. The van der Waals surface area contributed by atoms with E-state index in [0.29, 0.717) is 17.9 Å². The van der Waals surface area contributed by atoms with Gasteiger partial charge < -0.3 is 11.1 Å². The number of carbonyl (C=O) groups excluding carboxylic acids is 1. The van der Waals surface area contributed by atoms with Gasteiger partial charge in [-0.25, -0.2) is 0 Å². The lowest BCUT2D eigenvalue weighted by atomic mass is 9.80. The molecule has 0 aliphatic heterocycles. The summed E-state index contributed by atoms with van der Waals surface area (Å²) in [5.41, 5.74) is 5.80. The predicted molar refractivity (Wildman–Crippen MR) is 71.5 cm³/mol. The number of nitrogens with one attached hydrogen (secondary N) is 1. The molecule has 2 unspecified atom stereocenters. The third-order valence-electron chi connectivity index (χ3n) is 3.74. The lowest BCUT2D eigenvalue weighted by Gasteiger charge is -2.34. The van der Waals surface area contributed by atoms with Gasteiger partial charge in [0.15, 0.2) is 0 Å². The average molecular weight is 240 g/mol. The van der Waals surface area contributed by atoms with Crippen molar-refractivity contribution in [1.82, 2.24) is 5.32 Å². The molecule has 0 heterocycles. The zero-order valence-electron chi connectivity index (χ0n) is 11.9. The van der Waals surface area contributed by atoms with Gasteiger partial charge in [-0.1, -0.05) is 34.6 Å². The molecule has 0 spiro atoms. The molecule has 1 amide bonds. The summed E-state index contributed by atoms with van der Waals surface area (Å²) in [5.74, 6) is 1.41. The molecule has 0 aromatic carbocycles. The van der Waals surface area contributed by atoms with Crippen LogP contribution in [-0.2, 0) is 4.79 Å². The van der Waals surface area contributed by atoms with E-state index >= 15 is 0 Å². The number of hydrogen-bond acceptors (Lipinski definition) is 2. The van der Waals surface area contributed by atoms with Crippen molar-refractivity contribution in [2.75, 3.05) is 0 Å². The number of nitrogens with two attached hydrogens (primary N) is 1. The van der Waals surface area contributed by atoms with Crippen molar-refractivity contribution in [1.29, 1.82) is 0 Å². The van der Waals surface area contributed by atoms with E-state index in [4.69, 9.17) is 5.73 Å². The second-order valence-electron chi connectivity index (χ2n) is 6.97. The fourth-order valence-electron chi connectivity index (χ4n) is 2.75. The predicted octanol–water partition coefficient (Wildman–Crippen LogP) is 2.30. The van der Waals surface area contributed by atoms with E-state index in [1.807, 2.05) is 20.8 Å². The Hall–Kier alpha value is -0.570. The van der Waals surface area contributed by atoms with Gasteiger partial charge in [-0.2, -0.15) is 0 Å². The highest BCUT2D eigenvalue weighted by atomic mass is 16.2. The quantitative estimate of drug-likeness (QED) is 0.778. The lowest BCUT2D eigenvalue weighted by Crippen LogP contribution is -2.52. The van der Waals surface area contributed by atoms with Crippen molar-refractivity contribution in [2.24, 2.45) is 23.0 Å². The molecule has 0 aromatic heterocycles. The lowest BCUT2D eigenvalue weighted by molar-refractivity contribution is -0.125. The van der Waals surface area contributed by atoms with Crippen molar-refractivity contribution in [3.05, 3.63) is 0 Å². The minimum Gasteiger partial charge on any atom is -0.352 e. The van der Waals surface area contributed by atoms with Gasteiger partial charge in [0, 0.05) is 6.04 Å². The van der Waals surface area contributed by atoms with E-state index in [1.165, 1.54) is 6.42 Å². The van der Waals surface area contributed by atoms with E-state index in [1.54, 1.807) is 0 Å². The molecule has 1 aliphatic rings. The van der Waals surface area contributed by atoms with Crippen LogP contribution in [0.2, 0.25) is 0 Å². The van der Waals surface area contributed by atoms with Gasteiger partial charge >= 0.3 is 0 Å². The number of hydrogen-bond donors (Lipinski definition) is 2. The van der Waals surface area contributed by atoms with Crippen molar-refractivity contribution in [3.8, 4) is 0 Å².